The summed E-state index contributed by atoms with van der Waals surface area (Å²) in [5, 5.41) is 13.9. The van der Waals surface area contributed by atoms with E-state index in [0.717, 1.165) is 11.3 Å². The number of methoxy groups -OCH3 is 1. The van der Waals surface area contributed by atoms with Crippen molar-refractivity contribution in [1.29, 1.82) is 0 Å². The van der Waals surface area contributed by atoms with Gasteiger partial charge in [-0.3, -0.25) is 4.79 Å². The van der Waals surface area contributed by atoms with Gasteiger partial charge in [-0.2, -0.15) is 0 Å². The fourth-order valence-electron chi connectivity index (χ4n) is 2.59. The van der Waals surface area contributed by atoms with Gasteiger partial charge in [0.05, 0.1) is 27.7 Å². The maximum Gasteiger partial charge on any atom is 0.339 e. The minimum Gasteiger partial charge on any atom is -0.495 e. The average molecular weight is 608 g/mol. The highest BCUT2D eigenvalue weighted by atomic mass is 79.9. The van der Waals surface area contributed by atoms with Crippen LogP contribution < -0.4 is 10.1 Å². The summed E-state index contributed by atoms with van der Waals surface area (Å²) in [7, 11) is 1.50. The van der Waals surface area contributed by atoms with Crippen molar-refractivity contribution in [3.63, 3.8) is 0 Å². The molecule has 150 valence electrons. The predicted molar refractivity (Wildman–Crippen MR) is 121 cm³/mol. The van der Waals surface area contributed by atoms with E-state index < -0.39 is 17.7 Å². The number of amides is 1. The summed E-state index contributed by atoms with van der Waals surface area (Å²) in [6.07, 6.45) is 0. The third kappa shape index (κ3) is 4.40. The molecule has 0 fully saturated rings. The van der Waals surface area contributed by atoms with Gasteiger partial charge in [0.25, 0.3) is 5.91 Å². The van der Waals surface area contributed by atoms with E-state index in [9.17, 15) is 19.1 Å². The molecule has 0 radical (unpaired) electrons. The number of halogens is 4. The van der Waals surface area contributed by atoms with Crippen molar-refractivity contribution in [3.8, 4) is 16.2 Å². The molecule has 0 bridgehead atoms. The van der Waals surface area contributed by atoms with Crippen LogP contribution in [0.1, 0.15) is 20.7 Å². The van der Waals surface area contributed by atoms with Crippen LogP contribution in [0.3, 0.4) is 0 Å². The number of anilines is 1. The number of hydrogen-bond donors (Lipinski definition) is 2. The Morgan fingerprint density at radius 3 is 2.34 bits per heavy atom. The van der Waals surface area contributed by atoms with Gasteiger partial charge >= 0.3 is 5.97 Å². The molecule has 1 amide bonds. The lowest BCUT2D eigenvalue weighted by Crippen LogP contribution is -2.15. The van der Waals surface area contributed by atoms with Gasteiger partial charge < -0.3 is 15.2 Å². The highest BCUT2D eigenvalue weighted by Gasteiger charge is 2.25. The van der Waals surface area contributed by atoms with Crippen molar-refractivity contribution >= 4 is 76.7 Å². The van der Waals surface area contributed by atoms with Crippen LogP contribution >= 0.6 is 59.1 Å². The largest absolute Gasteiger partial charge is 0.495 e. The molecule has 0 spiro atoms. The molecule has 3 aromatic rings. The highest BCUT2D eigenvalue weighted by molar-refractivity contribution is 9.13. The number of carboxylic acids is 1. The van der Waals surface area contributed by atoms with Crippen LogP contribution in [-0.4, -0.2) is 24.1 Å². The summed E-state index contributed by atoms with van der Waals surface area (Å²) in [5.74, 6) is -1.62. The Labute approximate surface area is 194 Å². The Morgan fingerprint density at radius 1 is 1.10 bits per heavy atom. The molecule has 1 heterocycles. The Morgan fingerprint density at radius 2 is 1.76 bits per heavy atom. The first-order valence-corrected chi connectivity index (χ1v) is 11.1. The third-order valence-corrected chi connectivity index (χ3v) is 7.70. The van der Waals surface area contributed by atoms with Crippen LogP contribution in [0.25, 0.3) is 10.4 Å². The van der Waals surface area contributed by atoms with Crippen LogP contribution in [0, 0.1) is 5.82 Å². The summed E-state index contributed by atoms with van der Waals surface area (Å²) in [6.45, 7) is 0. The molecule has 0 saturated carbocycles. The molecular weight excluding hydrogens is 597 g/mol. The SMILES string of the molecule is COc1cc(Br)c(C(=O)Nc2csc(-c3ccc(F)cc3)c2C(=O)O)c(Br)c1Br. The van der Waals surface area contributed by atoms with Gasteiger partial charge in [0.15, 0.2) is 0 Å². The monoisotopic (exact) mass is 605 g/mol. The van der Waals surface area contributed by atoms with E-state index in [1.807, 2.05) is 0 Å². The van der Waals surface area contributed by atoms with Crippen molar-refractivity contribution in [2.75, 3.05) is 12.4 Å². The van der Waals surface area contributed by atoms with Crippen LogP contribution in [-0.2, 0) is 0 Å². The van der Waals surface area contributed by atoms with E-state index in [-0.39, 0.29) is 16.8 Å². The molecule has 0 saturated heterocycles. The zero-order valence-electron chi connectivity index (χ0n) is 14.6. The minimum atomic E-state index is -1.20. The number of carbonyl (C=O) groups excluding carboxylic acids is 1. The molecule has 0 aliphatic heterocycles. The summed E-state index contributed by atoms with van der Waals surface area (Å²) in [6, 6.07) is 7.11. The first-order chi connectivity index (χ1) is 13.7. The van der Waals surface area contributed by atoms with Crippen molar-refractivity contribution in [3.05, 3.63) is 66.1 Å². The normalized spacial score (nSPS) is 10.7. The van der Waals surface area contributed by atoms with Gasteiger partial charge in [-0.15, -0.1) is 11.3 Å². The maximum absolute atomic E-state index is 13.2. The number of hydrogen-bond acceptors (Lipinski definition) is 4. The second-order valence-corrected chi connectivity index (χ2v) is 9.00. The lowest BCUT2D eigenvalue weighted by atomic mass is 10.1. The molecule has 2 N–H and O–H groups in total. The van der Waals surface area contributed by atoms with E-state index in [0.29, 0.717) is 29.6 Å². The van der Waals surface area contributed by atoms with E-state index in [1.165, 1.54) is 31.4 Å². The lowest BCUT2D eigenvalue weighted by Gasteiger charge is -2.13. The van der Waals surface area contributed by atoms with Crippen molar-refractivity contribution < 1.29 is 23.8 Å². The van der Waals surface area contributed by atoms with Gasteiger partial charge in [-0.25, -0.2) is 9.18 Å². The second kappa shape index (κ2) is 8.95. The van der Waals surface area contributed by atoms with Gasteiger partial charge in [0, 0.05) is 14.3 Å². The van der Waals surface area contributed by atoms with Gasteiger partial charge in [0.1, 0.15) is 17.1 Å². The number of carboxylic acid groups (broad SMARTS) is 1. The molecule has 5 nitrogen and oxygen atoms in total. The zero-order chi connectivity index (χ0) is 21.3. The molecule has 29 heavy (non-hydrogen) atoms. The Kier molecular flexibility index (Phi) is 6.77. The van der Waals surface area contributed by atoms with E-state index in [4.69, 9.17) is 4.74 Å². The first kappa shape index (κ1) is 21.9. The number of benzene rings is 2. The average Bonchev–Trinajstić information content (AvgIpc) is 3.09. The van der Waals surface area contributed by atoms with Crippen molar-refractivity contribution in [1.82, 2.24) is 0 Å². The molecule has 3 rings (SSSR count). The number of ether oxygens (including phenoxy) is 1. The van der Waals surface area contributed by atoms with E-state index in [2.05, 4.69) is 53.1 Å². The van der Waals surface area contributed by atoms with Crippen molar-refractivity contribution in [2.24, 2.45) is 0 Å². The Balaban J connectivity index is 2.01. The number of carbonyl (C=O) groups is 2. The molecular formula is C19H11Br3FNO4S. The minimum absolute atomic E-state index is 0.0604. The van der Waals surface area contributed by atoms with E-state index in [1.54, 1.807) is 11.4 Å². The van der Waals surface area contributed by atoms with Crippen LogP contribution in [0.4, 0.5) is 10.1 Å². The molecule has 0 aliphatic rings. The maximum atomic E-state index is 13.2. The smallest absolute Gasteiger partial charge is 0.339 e. The van der Waals surface area contributed by atoms with Gasteiger partial charge in [-0.1, -0.05) is 12.1 Å². The van der Waals surface area contributed by atoms with Gasteiger partial charge in [0.2, 0.25) is 0 Å². The van der Waals surface area contributed by atoms with Crippen LogP contribution in [0.15, 0.2) is 49.1 Å². The molecule has 10 heteroatoms. The fourth-order valence-corrected chi connectivity index (χ4v) is 5.51. The van der Waals surface area contributed by atoms with Gasteiger partial charge in [-0.05, 0) is 71.6 Å². The number of aromatic carboxylic acids is 1. The standard InChI is InChI=1S/C19H11Br3FNO4S/c1-28-12-6-10(20)13(16(22)15(12)21)18(25)24-11-7-29-17(14(11)19(26)27)8-2-4-9(23)5-3-8/h2-7H,1H3,(H,24,25)(H,26,27). The summed E-state index contributed by atoms with van der Waals surface area (Å²) in [4.78, 5) is 25.2. The Bertz CT molecular complexity index is 1120. The fraction of sp³-hybridized carbons (Fsp3) is 0.0526. The van der Waals surface area contributed by atoms with E-state index >= 15 is 0 Å². The second-order valence-electron chi connectivity index (χ2n) is 5.68. The van der Waals surface area contributed by atoms with Crippen LogP contribution in [0.5, 0.6) is 5.75 Å². The number of nitrogens with one attached hydrogen (secondary N) is 1. The summed E-state index contributed by atoms with van der Waals surface area (Å²) >= 11 is 11.2. The Hall–Kier alpha value is -1.75. The van der Waals surface area contributed by atoms with Crippen LogP contribution in [0.2, 0.25) is 0 Å². The van der Waals surface area contributed by atoms with Crippen molar-refractivity contribution in [2.45, 2.75) is 0 Å². The number of thiophene rings is 1. The molecule has 0 atom stereocenters. The molecule has 1 aromatic heterocycles. The zero-order valence-corrected chi connectivity index (χ0v) is 20.1. The topological polar surface area (TPSA) is 75.6 Å². The summed E-state index contributed by atoms with van der Waals surface area (Å²) < 4.78 is 19.9. The molecule has 0 unspecified atom stereocenters. The molecule has 2 aromatic carbocycles. The number of rotatable bonds is 5. The summed E-state index contributed by atoms with van der Waals surface area (Å²) in [5.41, 5.74) is 0.903. The highest BCUT2D eigenvalue weighted by Crippen LogP contribution is 2.41. The predicted octanol–water partition coefficient (Wildman–Crippen LogP) is 6.80. The molecule has 0 aliphatic carbocycles. The first-order valence-electron chi connectivity index (χ1n) is 7.88. The lowest BCUT2D eigenvalue weighted by molar-refractivity contribution is 0.0699. The third-order valence-electron chi connectivity index (χ3n) is 3.93. The quantitative estimate of drug-likeness (QED) is 0.313.